The number of aryl methyl sites for hydroxylation is 1. The second kappa shape index (κ2) is 3.92. The maximum Gasteiger partial charge on any atom is 0.0524 e. The van der Waals surface area contributed by atoms with Crippen LogP contribution in [0.5, 0.6) is 0 Å². The zero-order valence-corrected chi connectivity index (χ0v) is 8.16. The Balaban J connectivity index is 2.06. The van der Waals surface area contributed by atoms with Crippen molar-refractivity contribution in [1.29, 1.82) is 0 Å². The molecule has 1 aliphatic heterocycles. The zero-order chi connectivity index (χ0) is 9.10. The summed E-state index contributed by atoms with van der Waals surface area (Å²) in [6.07, 6.45) is 8.09. The molecule has 0 aliphatic carbocycles. The molecule has 0 radical (unpaired) electrons. The molecule has 3 heteroatoms. The molecule has 1 atom stereocenters. The van der Waals surface area contributed by atoms with Crippen LogP contribution in [0.4, 0.5) is 0 Å². The maximum atomic E-state index is 4.21. The summed E-state index contributed by atoms with van der Waals surface area (Å²) in [7, 11) is 1.98. The Hall–Kier alpha value is -0.830. The fourth-order valence-electron chi connectivity index (χ4n) is 1.95. The molecule has 1 aromatic heterocycles. The second-order valence-electron chi connectivity index (χ2n) is 3.84. The minimum Gasteiger partial charge on any atom is -0.316 e. The van der Waals surface area contributed by atoms with Crippen molar-refractivity contribution in [1.82, 2.24) is 15.1 Å². The summed E-state index contributed by atoms with van der Waals surface area (Å²) < 4.78 is 1.89. The van der Waals surface area contributed by atoms with Crippen molar-refractivity contribution in [3.05, 3.63) is 18.0 Å². The first kappa shape index (κ1) is 8.75. The first-order chi connectivity index (χ1) is 6.36. The second-order valence-corrected chi connectivity index (χ2v) is 3.84. The van der Waals surface area contributed by atoms with E-state index in [4.69, 9.17) is 0 Å². The van der Waals surface area contributed by atoms with E-state index in [1.54, 1.807) is 0 Å². The summed E-state index contributed by atoms with van der Waals surface area (Å²) in [4.78, 5) is 0. The van der Waals surface area contributed by atoms with Gasteiger partial charge in [0, 0.05) is 19.8 Å². The van der Waals surface area contributed by atoms with E-state index in [0.717, 1.165) is 6.54 Å². The van der Waals surface area contributed by atoms with Gasteiger partial charge >= 0.3 is 0 Å². The van der Waals surface area contributed by atoms with E-state index in [-0.39, 0.29) is 0 Å². The first-order valence-corrected chi connectivity index (χ1v) is 5.05. The lowest BCUT2D eigenvalue weighted by atomic mass is 9.98. The van der Waals surface area contributed by atoms with Crippen LogP contribution in [-0.4, -0.2) is 22.9 Å². The quantitative estimate of drug-likeness (QED) is 0.703. The van der Waals surface area contributed by atoms with Crippen LogP contribution in [0.15, 0.2) is 12.4 Å². The van der Waals surface area contributed by atoms with E-state index in [1.165, 1.54) is 31.4 Å². The molecule has 0 saturated carbocycles. The smallest absolute Gasteiger partial charge is 0.0524 e. The lowest BCUT2D eigenvalue weighted by molar-refractivity contribution is 0.609. The van der Waals surface area contributed by atoms with Gasteiger partial charge in [-0.15, -0.1) is 0 Å². The van der Waals surface area contributed by atoms with Crippen molar-refractivity contribution in [2.24, 2.45) is 7.05 Å². The zero-order valence-electron chi connectivity index (χ0n) is 8.16. The molecule has 0 bridgehead atoms. The van der Waals surface area contributed by atoms with Crippen LogP contribution in [-0.2, 0) is 7.05 Å². The summed E-state index contributed by atoms with van der Waals surface area (Å²) >= 11 is 0. The van der Waals surface area contributed by atoms with Gasteiger partial charge in [0.1, 0.15) is 0 Å². The fraction of sp³-hybridized carbons (Fsp3) is 0.700. The van der Waals surface area contributed by atoms with E-state index in [2.05, 4.69) is 16.6 Å². The molecule has 1 unspecified atom stereocenters. The molecule has 2 heterocycles. The third kappa shape index (κ3) is 2.10. The van der Waals surface area contributed by atoms with Gasteiger partial charge in [0.05, 0.1) is 6.20 Å². The topological polar surface area (TPSA) is 29.9 Å². The van der Waals surface area contributed by atoms with Crippen molar-refractivity contribution in [2.75, 3.05) is 13.1 Å². The van der Waals surface area contributed by atoms with E-state index < -0.39 is 0 Å². The van der Waals surface area contributed by atoms with Gasteiger partial charge in [-0.1, -0.05) is 6.42 Å². The third-order valence-electron chi connectivity index (χ3n) is 2.74. The van der Waals surface area contributed by atoms with Gasteiger partial charge in [-0.05, 0) is 30.9 Å². The van der Waals surface area contributed by atoms with Crippen molar-refractivity contribution in [3.63, 3.8) is 0 Å². The van der Waals surface area contributed by atoms with Crippen LogP contribution in [0, 0.1) is 0 Å². The van der Waals surface area contributed by atoms with Crippen LogP contribution in [0.1, 0.15) is 30.7 Å². The largest absolute Gasteiger partial charge is 0.316 e. The van der Waals surface area contributed by atoms with Crippen LogP contribution < -0.4 is 5.32 Å². The normalized spacial score (nSPS) is 24.2. The summed E-state index contributed by atoms with van der Waals surface area (Å²) in [5.41, 5.74) is 1.39. The minimum atomic E-state index is 0.677. The number of aromatic nitrogens is 2. The SMILES string of the molecule is Cn1cc(C2CCCCNC2)cn1. The van der Waals surface area contributed by atoms with Crippen molar-refractivity contribution < 1.29 is 0 Å². The van der Waals surface area contributed by atoms with Gasteiger partial charge in [-0.3, -0.25) is 4.68 Å². The minimum absolute atomic E-state index is 0.677. The Morgan fingerprint density at radius 1 is 1.54 bits per heavy atom. The number of nitrogens with zero attached hydrogens (tertiary/aromatic N) is 2. The molecule has 72 valence electrons. The van der Waals surface area contributed by atoms with E-state index in [0.29, 0.717) is 5.92 Å². The predicted octanol–water partition coefficient (Wildman–Crippen LogP) is 1.28. The molecule has 1 aromatic rings. The Morgan fingerprint density at radius 2 is 2.46 bits per heavy atom. The third-order valence-corrected chi connectivity index (χ3v) is 2.74. The molecule has 1 aliphatic rings. The molecule has 0 spiro atoms. The first-order valence-electron chi connectivity index (χ1n) is 5.05. The summed E-state index contributed by atoms with van der Waals surface area (Å²) in [6, 6.07) is 0. The predicted molar refractivity (Wildman–Crippen MR) is 52.7 cm³/mol. The molecule has 1 fully saturated rings. The van der Waals surface area contributed by atoms with Crippen LogP contribution in [0.3, 0.4) is 0 Å². The van der Waals surface area contributed by atoms with Crippen LogP contribution >= 0.6 is 0 Å². The van der Waals surface area contributed by atoms with Crippen molar-refractivity contribution in [3.8, 4) is 0 Å². The monoisotopic (exact) mass is 179 g/mol. The average molecular weight is 179 g/mol. The molecule has 3 nitrogen and oxygen atoms in total. The Morgan fingerprint density at radius 3 is 3.23 bits per heavy atom. The molecule has 0 aromatic carbocycles. The van der Waals surface area contributed by atoms with Gasteiger partial charge in [0.2, 0.25) is 0 Å². The Labute approximate surface area is 79.1 Å². The molecule has 0 amide bonds. The highest BCUT2D eigenvalue weighted by atomic mass is 15.2. The highest BCUT2D eigenvalue weighted by Crippen LogP contribution is 2.22. The van der Waals surface area contributed by atoms with Gasteiger partial charge in [0.15, 0.2) is 0 Å². The maximum absolute atomic E-state index is 4.21. The molecular formula is C10H17N3. The highest BCUT2D eigenvalue weighted by Gasteiger charge is 2.14. The van der Waals surface area contributed by atoms with Gasteiger partial charge < -0.3 is 5.32 Å². The number of rotatable bonds is 1. The van der Waals surface area contributed by atoms with E-state index in [9.17, 15) is 0 Å². The number of nitrogens with one attached hydrogen (secondary N) is 1. The number of hydrogen-bond acceptors (Lipinski definition) is 2. The summed E-state index contributed by atoms with van der Waals surface area (Å²) in [6.45, 7) is 2.29. The van der Waals surface area contributed by atoms with Crippen LogP contribution in [0.2, 0.25) is 0 Å². The van der Waals surface area contributed by atoms with Crippen molar-refractivity contribution in [2.45, 2.75) is 25.2 Å². The lowest BCUT2D eigenvalue weighted by Crippen LogP contribution is -2.19. The Kier molecular flexibility index (Phi) is 2.64. The number of hydrogen-bond donors (Lipinski definition) is 1. The van der Waals surface area contributed by atoms with E-state index >= 15 is 0 Å². The van der Waals surface area contributed by atoms with Crippen molar-refractivity contribution >= 4 is 0 Å². The summed E-state index contributed by atoms with van der Waals surface area (Å²) in [5, 5.41) is 7.68. The van der Waals surface area contributed by atoms with E-state index in [1.807, 2.05) is 17.9 Å². The highest BCUT2D eigenvalue weighted by molar-refractivity contribution is 5.12. The fourth-order valence-corrected chi connectivity index (χ4v) is 1.95. The standard InChI is InChI=1S/C10H17N3/c1-13-8-10(7-12-13)9-4-2-3-5-11-6-9/h7-9,11H,2-6H2,1H3. The molecule has 1 saturated heterocycles. The Bertz CT molecular complexity index is 259. The molecule has 1 N–H and O–H groups in total. The lowest BCUT2D eigenvalue weighted by Gasteiger charge is -2.10. The van der Waals surface area contributed by atoms with Crippen LogP contribution in [0.25, 0.3) is 0 Å². The molecule has 2 rings (SSSR count). The average Bonchev–Trinajstić information content (AvgIpc) is 2.43. The molecular weight excluding hydrogens is 162 g/mol. The summed E-state index contributed by atoms with van der Waals surface area (Å²) in [5.74, 6) is 0.677. The van der Waals surface area contributed by atoms with Gasteiger partial charge in [-0.2, -0.15) is 5.10 Å². The molecule has 13 heavy (non-hydrogen) atoms. The van der Waals surface area contributed by atoms with Gasteiger partial charge in [0.25, 0.3) is 0 Å². The van der Waals surface area contributed by atoms with Gasteiger partial charge in [-0.25, -0.2) is 0 Å².